The Morgan fingerprint density at radius 3 is 2.62 bits per heavy atom. The van der Waals surface area contributed by atoms with Crippen LogP contribution < -0.4 is 5.32 Å². The summed E-state index contributed by atoms with van der Waals surface area (Å²) in [6.45, 7) is 3.10. The molecule has 0 spiro atoms. The van der Waals surface area contributed by atoms with Gasteiger partial charge in [-0.3, -0.25) is 10.1 Å². The minimum Gasteiger partial charge on any atom is -0.480 e. The molecule has 0 bridgehead atoms. The van der Waals surface area contributed by atoms with Crippen LogP contribution in [-0.2, 0) is 9.53 Å². The molecule has 2 fully saturated rings. The Morgan fingerprint density at radius 2 is 2.12 bits per heavy atom. The van der Waals surface area contributed by atoms with E-state index < -0.39 is 11.5 Å². The number of nitrogens with one attached hydrogen (secondary N) is 1. The molecule has 0 amide bonds. The monoisotopic (exact) mass is 227 g/mol. The average Bonchev–Trinajstić information content (AvgIpc) is 3.07. The zero-order valence-electron chi connectivity index (χ0n) is 9.87. The maximum Gasteiger partial charge on any atom is 0.323 e. The van der Waals surface area contributed by atoms with Gasteiger partial charge in [0.05, 0.1) is 0 Å². The second kappa shape index (κ2) is 4.72. The molecule has 0 aliphatic heterocycles. The molecule has 0 aromatic heterocycles. The molecule has 0 aromatic carbocycles. The Kier molecular flexibility index (Phi) is 3.50. The van der Waals surface area contributed by atoms with Crippen LogP contribution in [0.25, 0.3) is 0 Å². The SMILES string of the molecule is CC(CCOCC1CC1)(NC1CC1)C(=O)O. The molecule has 2 saturated carbocycles. The van der Waals surface area contributed by atoms with E-state index >= 15 is 0 Å². The van der Waals surface area contributed by atoms with E-state index in [0.717, 1.165) is 25.4 Å². The molecule has 0 aromatic rings. The minimum absolute atomic E-state index is 0.407. The highest BCUT2D eigenvalue weighted by Crippen LogP contribution is 2.29. The summed E-state index contributed by atoms with van der Waals surface area (Å²) in [6, 6.07) is 0.407. The first kappa shape index (κ1) is 11.9. The third kappa shape index (κ3) is 3.46. The van der Waals surface area contributed by atoms with E-state index in [1.54, 1.807) is 6.92 Å². The van der Waals surface area contributed by atoms with Crippen molar-refractivity contribution >= 4 is 5.97 Å². The number of carboxylic acids is 1. The number of carboxylic acid groups (broad SMARTS) is 1. The first-order valence-electron chi connectivity index (χ1n) is 6.19. The molecule has 1 unspecified atom stereocenters. The van der Waals surface area contributed by atoms with Crippen molar-refractivity contribution < 1.29 is 14.6 Å². The molecule has 1 atom stereocenters. The second-order valence-electron chi connectivity index (χ2n) is 5.32. The predicted molar refractivity (Wildman–Crippen MR) is 60.4 cm³/mol. The number of aliphatic carboxylic acids is 1. The minimum atomic E-state index is -0.815. The molecule has 2 N–H and O–H groups in total. The van der Waals surface area contributed by atoms with Crippen molar-refractivity contribution in [1.82, 2.24) is 5.32 Å². The molecule has 0 heterocycles. The van der Waals surface area contributed by atoms with Crippen LogP contribution in [0, 0.1) is 5.92 Å². The third-order valence-corrected chi connectivity index (χ3v) is 3.37. The van der Waals surface area contributed by atoms with Gasteiger partial charge >= 0.3 is 5.97 Å². The normalized spacial score (nSPS) is 24.1. The van der Waals surface area contributed by atoms with Crippen LogP contribution in [0.3, 0.4) is 0 Å². The Bertz CT molecular complexity index is 261. The Morgan fingerprint density at radius 1 is 1.44 bits per heavy atom. The molecule has 4 heteroatoms. The van der Waals surface area contributed by atoms with E-state index in [-0.39, 0.29) is 0 Å². The number of hydrogen-bond acceptors (Lipinski definition) is 3. The van der Waals surface area contributed by atoms with Gasteiger partial charge in [0.15, 0.2) is 0 Å². The van der Waals surface area contributed by atoms with Gasteiger partial charge in [0.1, 0.15) is 5.54 Å². The van der Waals surface area contributed by atoms with E-state index in [0.29, 0.717) is 19.1 Å². The standard InChI is InChI=1S/C12H21NO3/c1-12(11(14)15,13-10-4-5-10)6-7-16-8-9-2-3-9/h9-10,13H,2-8H2,1H3,(H,14,15). The van der Waals surface area contributed by atoms with Crippen molar-refractivity contribution in [1.29, 1.82) is 0 Å². The van der Waals surface area contributed by atoms with Crippen molar-refractivity contribution in [2.75, 3.05) is 13.2 Å². The Hall–Kier alpha value is -0.610. The fourth-order valence-corrected chi connectivity index (χ4v) is 1.73. The van der Waals surface area contributed by atoms with Crippen LogP contribution in [0.15, 0.2) is 0 Å². The lowest BCUT2D eigenvalue weighted by Crippen LogP contribution is -2.51. The molecule has 2 aliphatic rings. The number of hydrogen-bond donors (Lipinski definition) is 2. The van der Waals surface area contributed by atoms with Gasteiger partial charge in [-0.25, -0.2) is 0 Å². The van der Waals surface area contributed by atoms with Gasteiger partial charge in [-0.05, 0) is 44.9 Å². The topological polar surface area (TPSA) is 58.6 Å². The van der Waals surface area contributed by atoms with Crippen LogP contribution in [0.2, 0.25) is 0 Å². The molecule has 4 nitrogen and oxygen atoms in total. The lowest BCUT2D eigenvalue weighted by molar-refractivity contribution is -0.145. The van der Waals surface area contributed by atoms with Gasteiger partial charge in [-0.2, -0.15) is 0 Å². The first-order chi connectivity index (χ1) is 7.60. The number of carbonyl (C=O) groups is 1. The van der Waals surface area contributed by atoms with Gasteiger partial charge in [-0.1, -0.05) is 0 Å². The molecular formula is C12H21NO3. The highest BCUT2D eigenvalue weighted by molar-refractivity contribution is 5.78. The number of rotatable bonds is 8. The van der Waals surface area contributed by atoms with Gasteiger partial charge in [0, 0.05) is 19.3 Å². The predicted octanol–water partition coefficient (Wildman–Crippen LogP) is 1.40. The maximum absolute atomic E-state index is 11.2. The van der Waals surface area contributed by atoms with Crippen LogP contribution in [0.1, 0.15) is 39.0 Å². The highest BCUT2D eigenvalue weighted by Gasteiger charge is 2.38. The summed E-state index contributed by atoms with van der Waals surface area (Å²) < 4.78 is 5.50. The molecule has 92 valence electrons. The number of ether oxygens (including phenoxy) is 1. The van der Waals surface area contributed by atoms with Crippen LogP contribution in [0.5, 0.6) is 0 Å². The van der Waals surface area contributed by atoms with Gasteiger partial charge in [-0.15, -0.1) is 0 Å². The smallest absolute Gasteiger partial charge is 0.323 e. The van der Waals surface area contributed by atoms with Crippen LogP contribution >= 0.6 is 0 Å². The van der Waals surface area contributed by atoms with Gasteiger partial charge in [0.25, 0.3) is 0 Å². The van der Waals surface area contributed by atoms with E-state index in [2.05, 4.69) is 5.32 Å². The maximum atomic E-state index is 11.2. The van der Waals surface area contributed by atoms with E-state index in [9.17, 15) is 9.90 Å². The van der Waals surface area contributed by atoms with Gasteiger partial charge in [0.2, 0.25) is 0 Å². The average molecular weight is 227 g/mol. The summed E-state index contributed by atoms with van der Waals surface area (Å²) in [6.07, 6.45) is 5.30. The summed E-state index contributed by atoms with van der Waals surface area (Å²) in [5.41, 5.74) is -0.815. The Labute approximate surface area is 96.4 Å². The highest BCUT2D eigenvalue weighted by atomic mass is 16.5. The fraction of sp³-hybridized carbons (Fsp3) is 0.917. The summed E-state index contributed by atoms with van der Waals surface area (Å²) in [5.74, 6) is -0.0260. The molecular weight excluding hydrogens is 206 g/mol. The van der Waals surface area contributed by atoms with Gasteiger partial charge < -0.3 is 9.84 Å². The summed E-state index contributed by atoms with van der Waals surface area (Å²) in [4.78, 5) is 11.2. The zero-order chi connectivity index (χ0) is 11.6. The quantitative estimate of drug-likeness (QED) is 0.615. The molecule has 2 aliphatic carbocycles. The van der Waals surface area contributed by atoms with Crippen molar-refractivity contribution in [2.45, 2.75) is 50.6 Å². The molecule has 2 rings (SSSR count). The summed E-state index contributed by atoms with van der Waals surface area (Å²) in [5, 5.41) is 12.4. The lowest BCUT2D eigenvalue weighted by Gasteiger charge is -2.26. The lowest BCUT2D eigenvalue weighted by atomic mass is 9.98. The van der Waals surface area contributed by atoms with E-state index in [4.69, 9.17) is 4.74 Å². The van der Waals surface area contributed by atoms with E-state index in [1.165, 1.54) is 12.8 Å². The molecule has 0 radical (unpaired) electrons. The van der Waals surface area contributed by atoms with Crippen molar-refractivity contribution in [3.05, 3.63) is 0 Å². The second-order valence-corrected chi connectivity index (χ2v) is 5.32. The van der Waals surface area contributed by atoms with Crippen molar-refractivity contribution in [2.24, 2.45) is 5.92 Å². The summed E-state index contributed by atoms with van der Waals surface area (Å²) >= 11 is 0. The van der Waals surface area contributed by atoms with Crippen molar-refractivity contribution in [3.8, 4) is 0 Å². The third-order valence-electron chi connectivity index (χ3n) is 3.37. The van der Waals surface area contributed by atoms with E-state index in [1.807, 2.05) is 0 Å². The summed E-state index contributed by atoms with van der Waals surface area (Å²) in [7, 11) is 0. The first-order valence-corrected chi connectivity index (χ1v) is 6.19. The fourth-order valence-electron chi connectivity index (χ4n) is 1.73. The van der Waals surface area contributed by atoms with Crippen LogP contribution in [-0.4, -0.2) is 35.9 Å². The largest absolute Gasteiger partial charge is 0.480 e. The Balaban J connectivity index is 1.69. The van der Waals surface area contributed by atoms with Crippen molar-refractivity contribution in [3.63, 3.8) is 0 Å². The zero-order valence-corrected chi connectivity index (χ0v) is 9.87. The van der Waals surface area contributed by atoms with Crippen LogP contribution in [0.4, 0.5) is 0 Å². The molecule has 0 saturated heterocycles. The molecule has 16 heavy (non-hydrogen) atoms.